The van der Waals surface area contributed by atoms with Crippen LogP contribution in [0, 0.1) is 6.92 Å². The quantitative estimate of drug-likeness (QED) is 0.838. The lowest BCUT2D eigenvalue weighted by molar-refractivity contribution is 0.126. The number of carbonyl (C=O) groups excluding carboxylic acids is 1. The lowest BCUT2D eigenvalue weighted by Gasteiger charge is -2.27. The molecule has 1 aliphatic rings. The number of amides is 2. The predicted molar refractivity (Wildman–Crippen MR) is 91.9 cm³/mol. The van der Waals surface area contributed by atoms with Crippen molar-refractivity contribution in [2.24, 2.45) is 0 Å². The van der Waals surface area contributed by atoms with Crippen molar-refractivity contribution in [3.63, 3.8) is 0 Å². The molecule has 1 aliphatic heterocycles. The Balaban J connectivity index is 1.49. The number of aliphatic hydroxyl groups excluding tert-OH is 1. The fourth-order valence-corrected chi connectivity index (χ4v) is 3.24. The monoisotopic (exact) mass is 344 g/mol. The standard InChI is InChI=1S/C18H24N4O3/c1-13-20-17(25-21-13)9-10-19-18(24)22-11-5-8-15(22)12-16(23)14-6-3-2-4-7-14/h2-4,6-7,15-16,23H,5,8-12H2,1H3,(H,19,24). The Labute approximate surface area is 147 Å². The van der Waals surface area contributed by atoms with Crippen molar-refractivity contribution in [1.29, 1.82) is 0 Å². The van der Waals surface area contributed by atoms with Gasteiger partial charge in [0.15, 0.2) is 5.82 Å². The first kappa shape index (κ1) is 17.4. The first-order valence-corrected chi connectivity index (χ1v) is 8.70. The molecule has 0 aliphatic carbocycles. The van der Waals surface area contributed by atoms with Gasteiger partial charge in [0, 0.05) is 25.6 Å². The molecule has 25 heavy (non-hydrogen) atoms. The Kier molecular flexibility index (Phi) is 5.65. The van der Waals surface area contributed by atoms with Crippen LogP contribution in [-0.2, 0) is 6.42 Å². The van der Waals surface area contributed by atoms with E-state index in [-0.39, 0.29) is 12.1 Å². The van der Waals surface area contributed by atoms with E-state index in [1.54, 1.807) is 6.92 Å². The Hall–Kier alpha value is -2.41. The molecule has 134 valence electrons. The van der Waals surface area contributed by atoms with Crippen molar-refractivity contribution in [2.75, 3.05) is 13.1 Å². The molecule has 2 aromatic rings. The molecule has 0 bridgehead atoms. The lowest BCUT2D eigenvalue weighted by Crippen LogP contribution is -2.43. The molecule has 2 atom stereocenters. The largest absolute Gasteiger partial charge is 0.388 e. The van der Waals surface area contributed by atoms with Crippen LogP contribution in [0.3, 0.4) is 0 Å². The van der Waals surface area contributed by atoms with E-state index in [0.29, 0.717) is 31.1 Å². The van der Waals surface area contributed by atoms with Crippen LogP contribution in [0.4, 0.5) is 4.79 Å². The molecule has 0 saturated carbocycles. The molecule has 1 fully saturated rings. The summed E-state index contributed by atoms with van der Waals surface area (Å²) in [7, 11) is 0. The number of likely N-dealkylation sites (tertiary alicyclic amines) is 1. The second-order valence-electron chi connectivity index (χ2n) is 6.37. The van der Waals surface area contributed by atoms with Crippen LogP contribution in [0.15, 0.2) is 34.9 Å². The third-order valence-electron chi connectivity index (χ3n) is 4.50. The summed E-state index contributed by atoms with van der Waals surface area (Å²) in [4.78, 5) is 18.4. The zero-order valence-corrected chi connectivity index (χ0v) is 14.4. The number of aromatic nitrogens is 2. The Bertz CT molecular complexity index is 689. The number of nitrogens with one attached hydrogen (secondary N) is 1. The Morgan fingerprint density at radius 1 is 1.44 bits per heavy atom. The van der Waals surface area contributed by atoms with Gasteiger partial charge < -0.3 is 19.8 Å². The van der Waals surface area contributed by atoms with Gasteiger partial charge in [0.25, 0.3) is 0 Å². The fourth-order valence-electron chi connectivity index (χ4n) is 3.24. The van der Waals surface area contributed by atoms with Crippen molar-refractivity contribution >= 4 is 6.03 Å². The first-order chi connectivity index (χ1) is 12.1. The highest BCUT2D eigenvalue weighted by atomic mass is 16.5. The first-order valence-electron chi connectivity index (χ1n) is 8.70. The minimum absolute atomic E-state index is 0.0563. The number of urea groups is 1. The van der Waals surface area contributed by atoms with E-state index in [9.17, 15) is 9.90 Å². The maximum absolute atomic E-state index is 12.4. The minimum Gasteiger partial charge on any atom is -0.388 e. The number of hydrogen-bond acceptors (Lipinski definition) is 5. The second kappa shape index (κ2) is 8.11. The second-order valence-corrected chi connectivity index (χ2v) is 6.37. The molecular weight excluding hydrogens is 320 g/mol. The van der Waals surface area contributed by atoms with Crippen LogP contribution in [-0.4, -0.2) is 45.3 Å². The van der Waals surface area contributed by atoms with E-state index in [4.69, 9.17) is 4.52 Å². The molecule has 1 saturated heterocycles. The number of nitrogens with zero attached hydrogens (tertiary/aromatic N) is 3. The number of benzene rings is 1. The van der Waals surface area contributed by atoms with Crippen molar-refractivity contribution in [3.05, 3.63) is 47.6 Å². The van der Waals surface area contributed by atoms with E-state index in [2.05, 4.69) is 15.5 Å². The predicted octanol–water partition coefficient (Wildman–Crippen LogP) is 2.22. The summed E-state index contributed by atoms with van der Waals surface area (Å²) in [6, 6.07) is 9.54. The molecule has 0 radical (unpaired) electrons. The highest BCUT2D eigenvalue weighted by molar-refractivity contribution is 5.74. The number of carbonyl (C=O) groups is 1. The van der Waals surface area contributed by atoms with Gasteiger partial charge in [-0.3, -0.25) is 0 Å². The van der Waals surface area contributed by atoms with Gasteiger partial charge in [0.1, 0.15) is 0 Å². The van der Waals surface area contributed by atoms with Crippen molar-refractivity contribution in [3.8, 4) is 0 Å². The van der Waals surface area contributed by atoms with Crippen LogP contribution in [0.1, 0.15) is 42.6 Å². The third-order valence-corrected chi connectivity index (χ3v) is 4.50. The van der Waals surface area contributed by atoms with Gasteiger partial charge in [-0.25, -0.2) is 4.79 Å². The van der Waals surface area contributed by atoms with Crippen LogP contribution >= 0.6 is 0 Å². The maximum atomic E-state index is 12.4. The minimum atomic E-state index is -0.555. The van der Waals surface area contributed by atoms with E-state index >= 15 is 0 Å². The molecule has 7 heteroatoms. The van der Waals surface area contributed by atoms with Crippen LogP contribution in [0.5, 0.6) is 0 Å². The van der Waals surface area contributed by atoms with Gasteiger partial charge >= 0.3 is 6.03 Å². The average Bonchev–Trinajstić information content (AvgIpc) is 3.24. The van der Waals surface area contributed by atoms with E-state index in [1.165, 1.54) is 0 Å². The molecular formula is C18H24N4O3. The van der Waals surface area contributed by atoms with E-state index in [0.717, 1.165) is 24.9 Å². The SMILES string of the molecule is Cc1noc(CCNC(=O)N2CCCC2CC(O)c2ccccc2)n1. The van der Waals surface area contributed by atoms with Gasteiger partial charge in [0.05, 0.1) is 6.10 Å². The normalized spacial score (nSPS) is 18.3. The van der Waals surface area contributed by atoms with Crippen LogP contribution < -0.4 is 5.32 Å². The van der Waals surface area contributed by atoms with Crippen molar-refractivity contribution < 1.29 is 14.4 Å². The molecule has 1 aromatic heterocycles. The van der Waals surface area contributed by atoms with E-state index < -0.39 is 6.10 Å². The molecule has 3 rings (SSSR count). The van der Waals surface area contributed by atoms with Gasteiger partial charge in [-0.1, -0.05) is 35.5 Å². The topological polar surface area (TPSA) is 91.5 Å². The fraction of sp³-hybridized carbons (Fsp3) is 0.500. The molecule has 0 spiro atoms. The smallest absolute Gasteiger partial charge is 0.317 e. The molecule has 2 N–H and O–H groups in total. The number of aryl methyl sites for hydroxylation is 1. The summed E-state index contributed by atoms with van der Waals surface area (Å²) in [5.74, 6) is 1.12. The average molecular weight is 344 g/mol. The highest BCUT2D eigenvalue weighted by Crippen LogP contribution is 2.27. The Morgan fingerprint density at radius 3 is 2.96 bits per heavy atom. The maximum Gasteiger partial charge on any atom is 0.317 e. The summed E-state index contributed by atoms with van der Waals surface area (Å²) in [6.45, 7) is 2.93. The van der Waals surface area contributed by atoms with Crippen LogP contribution in [0.25, 0.3) is 0 Å². The Morgan fingerprint density at radius 2 is 2.24 bits per heavy atom. The number of rotatable bonds is 6. The zero-order chi connectivity index (χ0) is 17.6. The molecule has 2 heterocycles. The summed E-state index contributed by atoms with van der Waals surface area (Å²) in [5.41, 5.74) is 0.890. The number of aliphatic hydroxyl groups is 1. The summed E-state index contributed by atoms with van der Waals surface area (Å²) in [6.07, 6.45) is 2.39. The molecule has 1 aromatic carbocycles. The van der Waals surface area contributed by atoms with E-state index in [1.807, 2.05) is 35.2 Å². The zero-order valence-electron chi connectivity index (χ0n) is 14.4. The molecule has 2 unspecified atom stereocenters. The third kappa shape index (κ3) is 4.57. The van der Waals surface area contributed by atoms with Crippen molar-refractivity contribution in [1.82, 2.24) is 20.4 Å². The molecule has 2 amide bonds. The summed E-state index contributed by atoms with van der Waals surface area (Å²) < 4.78 is 5.04. The molecule has 7 nitrogen and oxygen atoms in total. The van der Waals surface area contributed by atoms with Gasteiger partial charge in [0.2, 0.25) is 5.89 Å². The van der Waals surface area contributed by atoms with Gasteiger partial charge in [-0.05, 0) is 31.7 Å². The van der Waals surface area contributed by atoms with Crippen molar-refractivity contribution in [2.45, 2.75) is 44.8 Å². The summed E-state index contributed by atoms with van der Waals surface area (Å²) >= 11 is 0. The highest BCUT2D eigenvalue weighted by Gasteiger charge is 2.30. The van der Waals surface area contributed by atoms with Gasteiger partial charge in [-0.15, -0.1) is 0 Å². The van der Waals surface area contributed by atoms with Gasteiger partial charge in [-0.2, -0.15) is 4.98 Å². The van der Waals surface area contributed by atoms with Crippen LogP contribution in [0.2, 0.25) is 0 Å². The number of hydrogen-bond donors (Lipinski definition) is 2. The lowest BCUT2D eigenvalue weighted by atomic mass is 10.0. The summed E-state index contributed by atoms with van der Waals surface area (Å²) in [5, 5.41) is 17.1.